The van der Waals surface area contributed by atoms with Crippen LogP contribution >= 0.6 is 0 Å². The Morgan fingerprint density at radius 3 is 1.79 bits per heavy atom. The second kappa shape index (κ2) is 7.79. The van der Waals surface area contributed by atoms with Crippen LogP contribution in [0.25, 0.3) is 0 Å². The van der Waals surface area contributed by atoms with Crippen molar-refractivity contribution in [2.45, 2.75) is 50.3 Å². The molecule has 0 heterocycles. The van der Waals surface area contributed by atoms with E-state index in [1.165, 1.54) is 13.1 Å². The zero-order chi connectivity index (χ0) is 19.4. The van der Waals surface area contributed by atoms with Crippen molar-refractivity contribution in [3.05, 3.63) is 0 Å². The van der Waals surface area contributed by atoms with E-state index in [1.54, 1.807) is 6.92 Å². The summed E-state index contributed by atoms with van der Waals surface area (Å²) in [6.07, 6.45) is -17.6. The van der Waals surface area contributed by atoms with Gasteiger partial charge in [-0.05, 0) is 26.1 Å². The van der Waals surface area contributed by atoms with E-state index in [0.717, 1.165) is 0 Å². The fourth-order valence-electron chi connectivity index (χ4n) is 1.43. The number of hydrogen-bond acceptors (Lipinski definition) is 3. The monoisotopic (exact) mass is 396 g/mol. The Hall–Kier alpha value is -0.533. The van der Waals surface area contributed by atoms with Crippen LogP contribution in [0.15, 0.2) is 0 Å². The molecule has 146 valence electrons. The van der Waals surface area contributed by atoms with E-state index in [9.17, 15) is 39.5 Å². The molecule has 3 nitrogen and oxygen atoms in total. The molecular weight excluding hydrogens is 379 g/mol. The Kier molecular flexibility index (Phi) is 7.61. The van der Waals surface area contributed by atoms with Crippen LogP contribution in [0.2, 0.25) is 19.1 Å². The summed E-state index contributed by atoms with van der Waals surface area (Å²) in [7, 11) is -2.54. The first kappa shape index (κ1) is 23.5. The summed E-state index contributed by atoms with van der Waals surface area (Å²) in [5, 5.41) is 0. The molecule has 0 aromatic carbocycles. The fraction of sp³-hybridized carbons (Fsp3) is 1.00. The summed E-state index contributed by atoms with van der Waals surface area (Å²) in [6, 6.07) is -0.250. The zero-order valence-electron chi connectivity index (χ0n) is 13.0. The Labute approximate surface area is 133 Å². The van der Waals surface area contributed by atoms with Gasteiger partial charge in [0.15, 0.2) is 15.0 Å². The van der Waals surface area contributed by atoms with Crippen LogP contribution in [-0.4, -0.2) is 52.5 Å². The highest BCUT2D eigenvalue weighted by Gasteiger charge is 2.76. The SMILES string of the molecule is CCO[Si](C)(C)CCOC(F)(F)C(F)(F)C(F)(F)OC(F)(F)CF. The summed E-state index contributed by atoms with van der Waals surface area (Å²) < 4.78 is 126. The molecule has 0 aromatic heterocycles. The number of hydrogen-bond donors (Lipinski definition) is 0. The minimum absolute atomic E-state index is 0.218. The van der Waals surface area contributed by atoms with E-state index in [4.69, 9.17) is 4.43 Å². The zero-order valence-corrected chi connectivity index (χ0v) is 14.0. The fourth-order valence-corrected chi connectivity index (χ4v) is 2.95. The second-order valence-electron chi connectivity index (χ2n) is 5.27. The molecule has 0 unspecified atom stereocenters. The van der Waals surface area contributed by atoms with E-state index in [1.807, 2.05) is 0 Å². The van der Waals surface area contributed by atoms with E-state index in [0.29, 0.717) is 0 Å². The van der Waals surface area contributed by atoms with Gasteiger partial charge in [-0.15, -0.1) is 0 Å². The van der Waals surface area contributed by atoms with Crippen LogP contribution in [0.5, 0.6) is 0 Å². The summed E-state index contributed by atoms with van der Waals surface area (Å²) in [5.74, 6) is -6.46. The van der Waals surface area contributed by atoms with Crippen molar-refractivity contribution in [2.75, 3.05) is 19.9 Å². The van der Waals surface area contributed by atoms with Gasteiger partial charge in [0.25, 0.3) is 0 Å². The third kappa shape index (κ3) is 6.08. The first-order valence-electron chi connectivity index (χ1n) is 6.59. The van der Waals surface area contributed by atoms with Crippen molar-refractivity contribution in [3.63, 3.8) is 0 Å². The lowest BCUT2D eigenvalue weighted by Gasteiger charge is -2.33. The van der Waals surface area contributed by atoms with Gasteiger partial charge in [-0.2, -0.15) is 35.1 Å². The van der Waals surface area contributed by atoms with Gasteiger partial charge in [0.2, 0.25) is 0 Å². The topological polar surface area (TPSA) is 27.7 Å². The average molecular weight is 396 g/mol. The lowest BCUT2D eigenvalue weighted by atomic mass is 10.3. The van der Waals surface area contributed by atoms with Gasteiger partial charge in [0.1, 0.15) is 0 Å². The molecule has 0 aromatic rings. The third-order valence-electron chi connectivity index (χ3n) is 2.69. The molecule has 0 saturated heterocycles. The van der Waals surface area contributed by atoms with Gasteiger partial charge >= 0.3 is 24.2 Å². The predicted octanol–water partition coefficient (Wildman–Crippen LogP) is 4.64. The normalized spacial score (nSPS) is 15.0. The van der Waals surface area contributed by atoms with E-state index < -0.39 is 45.8 Å². The van der Waals surface area contributed by atoms with Crippen molar-refractivity contribution in [3.8, 4) is 0 Å². The van der Waals surface area contributed by atoms with E-state index in [2.05, 4.69) is 9.47 Å². The van der Waals surface area contributed by atoms with Crippen LogP contribution in [0.4, 0.5) is 39.5 Å². The van der Waals surface area contributed by atoms with Crippen LogP contribution in [0.1, 0.15) is 6.92 Å². The Morgan fingerprint density at radius 1 is 0.875 bits per heavy atom. The Balaban J connectivity index is 5.03. The maximum absolute atomic E-state index is 13.2. The van der Waals surface area contributed by atoms with Crippen molar-refractivity contribution >= 4 is 8.32 Å². The van der Waals surface area contributed by atoms with Crippen LogP contribution in [0, 0.1) is 0 Å². The Bertz CT molecular complexity index is 404. The lowest BCUT2D eigenvalue weighted by Crippen LogP contribution is -2.58. The second-order valence-corrected chi connectivity index (χ2v) is 9.58. The minimum atomic E-state index is -6.46. The number of alkyl halides is 9. The molecule has 13 heteroatoms. The van der Waals surface area contributed by atoms with Crippen LogP contribution < -0.4 is 0 Å². The molecule has 0 amide bonds. The molecule has 0 atom stereocenters. The van der Waals surface area contributed by atoms with Gasteiger partial charge in [0.05, 0.1) is 6.61 Å². The highest BCUT2D eigenvalue weighted by Crippen LogP contribution is 2.48. The average Bonchev–Trinajstić information content (AvgIpc) is 2.36. The Morgan fingerprint density at radius 2 is 1.38 bits per heavy atom. The van der Waals surface area contributed by atoms with Crippen molar-refractivity contribution < 1.29 is 53.4 Å². The predicted molar refractivity (Wildman–Crippen MR) is 66.7 cm³/mol. The molecule has 0 aliphatic carbocycles. The highest BCUT2D eigenvalue weighted by atomic mass is 28.4. The molecule has 0 N–H and O–H groups in total. The molecular formula is C11H17F9O3Si. The molecule has 0 saturated carbocycles. The molecule has 24 heavy (non-hydrogen) atoms. The molecule has 0 aliphatic rings. The third-order valence-corrected chi connectivity index (χ3v) is 5.17. The molecule has 0 aliphatic heterocycles. The highest BCUT2D eigenvalue weighted by molar-refractivity contribution is 6.71. The van der Waals surface area contributed by atoms with Crippen molar-refractivity contribution in [1.82, 2.24) is 0 Å². The first-order chi connectivity index (χ1) is 10.5. The van der Waals surface area contributed by atoms with Crippen molar-refractivity contribution in [1.29, 1.82) is 0 Å². The largest absolute Gasteiger partial charge is 0.433 e. The standard InChI is InChI=1S/C11H17F9O3Si/c1-4-22-24(2,3)6-5-21-10(17,18)9(15,16)11(19,20)23-8(13,14)7-12/h4-7H2,1-3H3. The molecule has 0 bridgehead atoms. The number of rotatable bonds is 11. The van der Waals surface area contributed by atoms with Gasteiger partial charge in [-0.1, -0.05) is 0 Å². The maximum Gasteiger partial charge on any atom is 0.433 e. The van der Waals surface area contributed by atoms with Gasteiger partial charge < -0.3 is 9.16 Å². The quantitative estimate of drug-likeness (QED) is 0.376. The van der Waals surface area contributed by atoms with Gasteiger partial charge in [0, 0.05) is 6.61 Å². The minimum Gasteiger partial charge on any atom is -0.418 e. The van der Waals surface area contributed by atoms with Crippen LogP contribution in [0.3, 0.4) is 0 Å². The van der Waals surface area contributed by atoms with Gasteiger partial charge in [-0.25, -0.2) is 9.13 Å². The number of ether oxygens (including phenoxy) is 2. The molecule has 0 rings (SSSR count). The maximum atomic E-state index is 13.2. The van der Waals surface area contributed by atoms with Crippen molar-refractivity contribution in [2.24, 2.45) is 0 Å². The number of halogens is 9. The smallest absolute Gasteiger partial charge is 0.418 e. The van der Waals surface area contributed by atoms with E-state index >= 15 is 0 Å². The summed E-state index contributed by atoms with van der Waals surface area (Å²) >= 11 is 0. The van der Waals surface area contributed by atoms with Crippen LogP contribution in [-0.2, 0) is 13.9 Å². The summed E-state index contributed by atoms with van der Waals surface area (Å²) in [4.78, 5) is 0. The first-order valence-corrected chi connectivity index (χ1v) is 9.70. The van der Waals surface area contributed by atoms with Gasteiger partial charge in [-0.3, -0.25) is 0 Å². The lowest BCUT2D eigenvalue weighted by molar-refractivity contribution is -0.487. The summed E-state index contributed by atoms with van der Waals surface area (Å²) in [6.45, 7) is 0.902. The van der Waals surface area contributed by atoms with E-state index in [-0.39, 0.29) is 12.7 Å². The molecule has 0 spiro atoms. The summed E-state index contributed by atoms with van der Waals surface area (Å²) in [5.41, 5.74) is 0. The molecule has 0 fully saturated rings. The molecule has 0 radical (unpaired) electrons.